The number of nitrogens with zero attached hydrogens (tertiary/aromatic N) is 1. The molecule has 2 radical (unpaired) electrons. The molecule has 74 valence electrons. The van der Waals surface area contributed by atoms with E-state index in [0.717, 1.165) is 21.7 Å². The van der Waals surface area contributed by atoms with Crippen LogP contribution in [-0.2, 0) is 0 Å². The van der Waals surface area contributed by atoms with E-state index in [1.165, 1.54) is 0 Å². The fraction of sp³-hybridized carbons (Fsp3) is 0. The average molecular weight is 204 g/mol. The van der Waals surface area contributed by atoms with Crippen LogP contribution in [0.2, 0.25) is 0 Å². The summed E-state index contributed by atoms with van der Waals surface area (Å²) in [6, 6.07) is 15.6. The van der Waals surface area contributed by atoms with Crippen LogP contribution in [-0.4, -0.2) is 20.2 Å². The number of hydrogen-bond donors (Lipinski definition) is 1. The molecule has 0 atom stereocenters. The molecule has 2 aromatic carbocycles. The number of fused-ring (bicyclic) bond motifs is 3. The van der Waals surface area contributed by atoms with Crippen molar-refractivity contribution in [3.63, 3.8) is 0 Å². The summed E-state index contributed by atoms with van der Waals surface area (Å²) < 4.78 is 0. The van der Waals surface area contributed by atoms with Gasteiger partial charge in [-0.2, -0.15) is 0 Å². The van der Waals surface area contributed by atoms with Crippen molar-refractivity contribution >= 4 is 31.8 Å². The maximum absolute atomic E-state index is 9.38. The van der Waals surface area contributed by atoms with Crippen molar-refractivity contribution in [3.8, 4) is 5.88 Å². The molecule has 16 heavy (non-hydrogen) atoms. The maximum Gasteiger partial charge on any atom is 0.211 e. The molecule has 0 aliphatic heterocycles. The smallest absolute Gasteiger partial charge is 0.211 e. The van der Waals surface area contributed by atoms with E-state index in [4.69, 9.17) is 0 Å². The summed E-state index contributed by atoms with van der Waals surface area (Å²) in [6.07, 6.45) is 0. The van der Waals surface area contributed by atoms with Gasteiger partial charge in [0.25, 0.3) is 0 Å². The van der Waals surface area contributed by atoms with Gasteiger partial charge in [0, 0.05) is 27.0 Å². The molecule has 3 heteroatoms. The first-order valence-corrected chi connectivity index (χ1v) is 4.82. The molecule has 0 unspecified atom stereocenters. The molecular formula is C13H9BeNO. The number of hydrogen-bond acceptors (Lipinski definition) is 2. The largest absolute Gasteiger partial charge is 0.493 e. The molecule has 1 heterocycles. The maximum atomic E-state index is 9.38. The second-order valence-electron chi connectivity index (χ2n) is 3.53. The zero-order valence-corrected chi connectivity index (χ0v) is 8.72. The van der Waals surface area contributed by atoms with Gasteiger partial charge >= 0.3 is 0 Å². The van der Waals surface area contributed by atoms with E-state index in [0.29, 0.717) is 0 Å². The van der Waals surface area contributed by atoms with Crippen LogP contribution in [0.15, 0.2) is 48.5 Å². The van der Waals surface area contributed by atoms with Crippen LogP contribution in [0.5, 0.6) is 5.88 Å². The van der Waals surface area contributed by atoms with Crippen molar-refractivity contribution in [2.45, 2.75) is 0 Å². The molecule has 0 bridgehead atoms. The predicted molar refractivity (Wildman–Crippen MR) is 66.7 cm³/mol. The van der Waals surface area contributed by atoms with Crippen molar-refractivity contribution in [2.75, 3.05) is 0 Å². The summed E-state index contributed by atoms with van der Waals surface area (Å²) >= 11 is 0. The third-order valence-electron chi connectivity index (χ3n) is 2.57. The predicted octanol–water partition coefficient (Wildman–Crippen LogP) is 2.71. The summed E-state index contributed by atoms with van der Waals surface area (Å²) in [6.45, 7) is 0. The molecule has 1 aromatic heterocycles. The van der Waals surface area contributed by atoms with Gasteiger partial charge in [0.2, 0.25) is 5.88 Å². The Hall–Kier alpha value is -1.92. The fourth-order valence-electron chi connectivity index (χ4n) is 1.85. The fourth-order valence-corrected chi connectivity index (χ4v) is 1.85. The van der Waals surface area contributed by atoms with Crippen LogP contribution in [0, 0.1) is 0 Å². The Morgan fingerprint density at radius 3 is 2.38 bits per heavy atom. The summed E-state index contributed by atoms with van der Waals surface area (Å²) in [7, 11) is 0. The number of aromatic hydroxyl groups is 1. The van der Waals surface area contributed by atoms with Crippen molar-refractivity contribution < 1.29 is 5.11 Å². The SMILES string of the molecule is Oc1ccc2ccc3ccccc3c2n1.[Be]. The van der Waals surface area contributed by atoms with E-state index in [1.807, 2.05) is 36.4 Å². The Balaban J connectivity index is 0.000000963. The molecule has 0 spiro atoms. The Kier molecular flexibility index (Phi) is 2.59. The standard InChI is InChI=1S/C13H9NO.Be/c15-12-8-7-10-6-5-9-3-1-2-4-11(9)13(10)14-12;/h1-8H,(H,14,15);. The van der Waals surface area contributed by atoms with Crippen molar-refractivity contribution in [3.05, 3.63) is 48.5 Å². The third-order valence-corrected chi connectivity index (χ3v) is 2.57. The third kappa shape index (κ3) is 1.53. The summed E-state index contributed by atoms with van der Waals surface area (Å²) in [5.74, 6) is 0.0684. The molecular weight excluding hydrogens is 195 g/mol. The van der Waals surface area contributed by atoms with Gasteiger partial charge in [-0.1, -0.05) is 36.4 Å². The molecule has 1 N–H and O–H groups in total. The first-order valence-electron chi connectivity index (χ1n) is 4.82. The minimum absolute atomic E-state index is 0. The molecule has 0 fully saturated rings. The Morgan fingerprint density at radius 2 is 1.50 bits per heavy atom. The molecule has 0 aliphatic rings. The molecule has 0 aliphatic carbocycles. The number of rotatable bonds is 0. The normalized spacial score (nSPS) is 10.2. The van der Waals surface area contributed by atoms with Gasteiger partial charge in [0.15, 0.2) is 0 Å². The number of aromatic nitrogens is 1. The van der Waals surface area contributed by atoms with Crippen LogP contribution in [0.4, 0.5) is 0 Å². The van der Waals surface area contributed by atoms with Crippen LogP contribution < -0.4 is 0 Å². The molecule has 0 saturated heterocycles. The van der Waals surface area contributed by atoms with Gasteiger partial charge in [0.1, 0.15) is 0 Å². The van der Waals surface area contributed by atoms with E-state index in [1.54, 1.807) is 6.07 Å². The van der Waals surface area contributed by atoms with Crippen LogP contribution in [0.1, 0.15) is 0 Å². The first kappa shape index (κ1) is 10.6. The zero-order valence-electron chi connectivity index (χ0n) is 8.72. The Morgan fingerprint density at radius 1 is 0.812 bits per heavy atom. The van der Waals surface area contributed by atoms with Crippen molar-refractivity contribution in [2.24, 2.45) is 0 Å². The van der Waals surface area contributed by atoms with E-state index >= 15 is 0 Å². The van der Waals surface area contributed by atoms with Gasteiger partial charge < -0.3 is 5.11 Å². The molecule has 0 amide bonds. The van der Waals surface area contributed by atoms with E-state index < -0.39 is 0 Å². The topological polar surface area (TPSA) is 33.1 Å². The average Bonchev–Trinajstić information content (AvgIpc) is 2.29. The molecule has 3 aromatic rings. The van der Waals surface area contributed by atoms with Crippen molar-refractivity contribution in [1.82, 2.24) is 4.98 Å². The Labute approximate surface area is 96.8 Å². The quantitative estimate of drug-likeness (QED) is 0.451. The minimum atomic E-state index is 0. The molecule has 3 rings (SSSR count). The monoisotopic (exact) mass is 204 g/mol. The Bertz CT molecular complexity index is 652. The van der Waals surface area contributed by atoms with Crippen LogP contribution >= 0.6 is 0 Å². The zero-order chi connectivity index (χ0) is 10.3. The first-order chi connectivity index (χ1) is 7.34. The van der Waals surface area contributed by atoms with E-state index in [2.05, 4.69) is 11.1 Å². The van der Waals surface area contributed by atoms with E-state index in [9.17, 15) is 5.11 Å². The second-order valence-corrected chi connectivity index (χ2v) is 3.53. The molecule has 2 nitrogen and oxygen atoms in total. The van der Waals surface area contributed by atoms with Gasteiger partial charge in [-0.05, 0) is 11.5 Å². The number of pyridine rings is 1. The van der Waals surface area contributed by atoms with Crippen LogP contribution in [0.25, 0.3) is 21.7 Å². The summed E-state index contributed by atoms with van der Waals surface area (Å²) in [5.41, 5.74) is 0.855. The summed E-state index contributed by atoms with van der Waals surface area (Å²) in [4.78, 5) is 4.16. The van der Waals surface area contributed by atoms with Gasteiger partial charge in [0.05, 0.1) is 5.52 Å². The number of benzene rings is 2. The van der Waals surface area contributed by atoms with Crippen molar-refractivity contribution in [1.29, 1.82) is 0 Å². The molecule has 0 saturated carbocycles. The van der Waals surface area contributed by atoms with Gasteiger partial charge in [-0.3, -0.25) is 0 Å². The summed E-state index contributed by atoms with van der Waals surface area (Å²) in [5, 5.41) is 12.6. The van der Waals surface area contributed by atoms with Gasteiger partial charge in [-0.25, -0.2) is 4.98 Å². The minimum Gasteiger partial charge on any atom is -0.493 e. The van der Waals surface area contributed by atoms with Crippen LogP contribution in [0.3, 0.4) is 0 Å². The van der Waals surface area contributed by atoms with Gasteiger partial charge in [-0.15, -0.1) is 0 Å². The van der Waals surface area contributed by atoms with E-state index in [-0.39, 0.29) is 16.0 Å². The second kappa shape index (κ2) is 3.91.